The highest BCUT2D eigenvalue weighted by Crippen LogP contribution is 2.18. The number of carboxylic acids is 1. The average molecular weight is 370 g/mol. The molecular weight excluding hydrogens is 344 g/mol. The molecule has 25 heavy (non-hydrogen) atoms. The van der Waals surface area contributed by atoms with Crippen LogP contribution in [-0.2, 0) is 14.8 Å². The van der Waals surface area contributed by atoms with Crippen molar-refractivity contribution in [3.63, 3.8) is 0 Å². The second-order valence-electron chi connectivity index (χ2n) is 6.64. The van der Waals surface area contributed by atoms with Crippen molar-refractivity contribution in [2.75, 3.05) is 7.05 Å². The average Bonchev–Trinajstić information content (AvgIpc) is 2.52. The van der Waals surface area contributed by atoms with Gasteiger partial charge in [-0.3, -0.25) is 4.79 Å². The molecule has 0 radical (unpaired) electrons. The number of hydrogen-bond donors (Lipinski definition) is 2. The number of carbonyl (C=O) groups excluding carboxylic acids is 1. The molecule has 1 unspecified atom stereocenters. The molecule has 1 amide bonds. The molecular formula is C17H26N2O5S. The zero-order valence-electron chi connectivity index (χ0n) is 15.2. The van der Waals surface area contributed by atoms with E-state index in [-0.39, 0.29) is 28.8 Å². The van der Waals surface area contributed by atoms with Crippen LogP contribution < -0.4 is 5.32 Å². The maximum Gasteiger partial charge on any atom is 0.326 e. The Morgan fingerprint density at radius 1 is 1.20 bits per heavy atom. The number of sulfonamides is 1. The summed E-state index contributed by atoms with van der Waals surface area (Å²) in [5.41, 5.74) is 0.105. The highest BCUT2D eigenvalue weighted by Gasteiger charge is 2.25. The van der Waals surface area contributed by atoms with Crippen LogP contribution in [0.2, 0.25) is 0 Å². The molecule has 140 valence electrons. The number of benzene rings is 1. The van der Waals surface area contributed by atoms with E-state index in [9.17, 15) is 23.1 Å². The van der Waals surface area contributed by atoms with E-state index >= 15 is 0 Å². The van der Waals surface area contributed by atoms with E-state index < -0.39 is 27.9 Å². The Morgan fingerprint density at radius 2 is 1.80 bits per heavy atom. The Hall–Kier alpha value is -1.93. The number of nitrogens with zero attached hydrogens (tertiary/aromatic N) is 1. The fourth-order valence-electron chi connectivity index (χ4n) is 2.18. The Balaban J connectivity index is 3.08. The molecule has 0 spiro atoms. The maximum atomic E-state index is 12.5. The quantitative estimate of drug-likeness (QED) is 0.728. The molecule has 1 aromatic carbocycles. The third-order valence-electron chi connectivity index (χ3n) is 3.81. The van der Waals surface area contributed by atoms with Crippen LogP contribution in [0.1, 0.15) is 44.5 Å². The van der Waals surface area contributed by atoms with Crippen LogP contribution in [0.5, 0.6) is 0 Å². The molecule has 1 atom stereocenters. The minimum atomic E-state index is -3.72. The monoisotopic (exact) mass is 370 g/mol. The third-order valence-corrected chi connectivity index (χ3v) is 5.84. The molecule has 0 heterocycles. The summed E-state index contributed by atoms with van der Waals surface area (Å²) in [6.07, 6.45) is 0.287. The first-order valence-electron chi connectivity index (χ1n) is 8.08. The van der Waals surface area contributed by atoms with Gasteiger partial charge in [-0.25, -0.2) is 13.2 Å². The van der Waals surface area contributed by atoms with Gasteiger partial charge in [-0.2, -0.15) is 4.31 Å². The van der Waals surface area contributed by atoms with Crippen molar-refractivity contribution >= 4 is 21.9 Å². The number of carboxylic acid groups (broad SMARTS) is 1. The Bertz CT molecular complexity index is 728. The van der Waals surface area contributed by atoms with Gasteiger partial charge in [-0.1, -0.05) is 19.9 Å². The Labute approximate surface area is 149 Å². The summed E-state index contributed by atoms with van der Waals surface area (Å²) in [6, 6.07) is 4.34. The normalized spacial score (nSPS) is 13.3. The molecule has 0 aliphatic rings. The summed E-state index contributed by atoms with van der Waals surface area (Å²) in [7, 11) is -2.25. The van der Waals surface area contributed by atoms with E-state index in [2.05, 4.69) is 5.32 Å². The summed E-state index contributed by atoms with van der Waals surface area (Å²) in [4.78, 5) is 23.6. The smallest absolute Gasteiger partial charge is 0.326 e. The van der Waals surface area contributed by atoms with Gasteiger partial charge in [0.15, 0.2) is 0 Å². The molecule has 0 saturated carbocycles. The molecule has 1 aromatic rings. The zero-order valence-corrected chi connectivity index (χ0v) is 16.0. The van der Waals surface area contributed by atoms with Crippen molar-refractivity contribution < 1.29 is 23.1 Å². The first-order chi connectivity index (χ1) is 11.5. The van der Waals surface area contributed by atoms with Crippen molar-refractivity contribution in [1.29, 1.82) is 0 Å². The fourth-order valence-corrected chi connectivity index (χ4v) is 3.59. The van der Waals surface area contributed by atoms with Gasteiger partial charge in [0.2, 0.25) is 10.0 Å². The molecule has 0 aromatic heterocycles. The lowest BCUT2D eigenvalue weighted by Gasteiger charge is -2.21. The second-order valence-corrected chi connectivity index (χ2v) is 8.63. The summed E-state index contributed by atoms with van der Waals surface area (Å²) in [5, 5.41) is 11.7. The van der Waals surface area contributed by atoms with Gasteiger partial charge in [0, 0.05) is 18.7 Å². The Morgan fingerprint density at radius 3 is 2.28 bits per heavy atom. The maximum absolute atomic E-state index is 12.5. The van der Waals surface area contributed by atoms with Crippen LogP contribution in [-0.4, -0.2) is 48.8 Å². The van der Waals surface area contributed by atoms with Crippen LogP contribution in [0, 0.1) is 5.92 Å². The summed E-state index contributed by atoms with van der Waals surface area (Å²) < 4.78 is 26.3. The van der Waals surface area contributed by atoms with Gasteiger partial charge in [-0.15, -0.1) is 0 Å². The summed E-state index contributed by atoms with van der Waals surface area (Å²) in [6.45, 7) is 7.21. The highest BCUT2D eigenvalue weighted by molar-refractivity contribution is 7.89. The molecule has 0 aliphatic heterocycles. The number of nitrogens with one attached hydrogen (secondary N) is 1. The van der Waals surface area contributed by atoms with Gasteiger partial charge in [0.1, 0.15) is 6.04 Å². The summed E-state index contributed by atoms with van der Waals surface area (Å²) >= 11 is 0. The largest absolute Gasteiger partial charge is 0.480 e. The number of aliphatic carboxylic acids is 1. The van der Waals surface area contributed by atoms with Crippen molar-refractivity contribution in [3.05, 3.63) is 29.8 Å². The van der Waals surface area contributed by atoms with Crippen LogP contribution in [0.4, 0.5) is 0 Å². The fraction of sp³-hybridized carbons (Fsp3) is 0.529. The van der Waals surface area contributed by atoms with Gasteiger partial charge in [0.25, 0.3) is 5.91 Å². The number of rotatable bonds is 8. The number of amides is 1. The van der Waals surface area contributed by atoms with Crippen LogP contribution in [0.25, 0.3) is 0 Å². The SMILES string of the molecule is CC(C)CC(NC(=O)c1cccc(S(=O)(=O)N(C)C(C)C)c1)C(=O)O. The lowest BCUT2D eigenvalue weighted by molar-refractivity contribution is -0.139. The third kappa shape index (κ3) is 5.54. The molecule has 2 N–H and O–H groups in total. The van der Waals surface area contributed by atoms with Gasteiger partial charge in [-0.05, 0) is 44.4 Å². The van der Waals surface area contributed by atoms with E-state index in [1.165, 1.54) is 35.6 Å². The van der Waals surface area contributed by atoms with E-state index in [4.69, 9.17) is 0 Å². The van der Waals surface area contributed by atoms with Crippen molar-refractivity contribution in [1.82, 2.24) is 9.62 Å². The van der Waals surface area contributed by atoms with Gasteiger partial charge in [0.05, 0.1) is 4.90 Å². The van der Waals surface area contributed by atoms with Crippen LogP contribution in [0.3, 0.4) is 0 Å². The number of hydrogen-bond acceptors (Lipinski definition) is 4. The van der Waals surface area contributed by atoms with Crippen molar-refractivity contribution in [2.45, 2.75) is 51.1 Å². The molecule has 0 fully saturated rings. The molecule has 0 bridgehead atoms. The van der Waals surface area contributed by atoms with Gasteiger partial charge < -0.3 is 10.4 Å². The molecule has 8 heteroatoms. The summed E-state index contributed by atoms with van der Waals surface area (Å²) in [5.74, 6) is -1.64. The van der Waals surface area contributed by atoms with Crippen molar-refractivity contribution in [3.8, 4) is 0 Å². The van der Waals surface area contributed by atoms with E-state index in [1.54, 1.807) is 13.8 Å². The van der Waals surface area contributed by atoms with Crippen LogP contribution in [0.15, 0.2) is 29.2 Å². The Kier molecular flexibility index (Phi) is 7.13. The van der Waals surface area contributed by atoms with E-state index in [0.29, 0.717) is 0 Å². The molecule has 0 aliphatic carbocycles. The lowest BCUT2D eigenvalue weighted by atomic mass is 10.0. The lowest BCUT2D eigenvalue weighted by Crippen LogP contribution is -2.41. The van der Waals surface area contributed by atoms with Crippen molar-refractivity contribution in [2.24, 2.45) is 5.92 Å². The second kappa shape index (κ2) is 8.44. The standard InChI is InChI=1S/C17H26N2O5S/c1-11(2)9-15(17(21)22)18-16(20)13-7-6-8-14(10-13)25(23,24)19(5)12(3)4/h6-8,10-12,15H,9H2,1-5H3,(H,18,20)(H,21,22). The topological polar surface area (TPSA) is 104 Å². The minimum Gasteiger partial charge on any atom is -0.480 e. The molecule has 1 rings (SSSR count). The molecule has 0 saturated heterocycles. The highest BCUT2D eigenvalue weighted by atomic mass is 32.2. The number of carbonyl (C=O) groups is 2. The van der Waals surface area contributed by atoms with E-state index in [1.807, 2.05) is 13.8 Å². The predicted molar refractivity (Wildman–Crippen MR) is 94.9 cm³/mol. The zero-order chi connectivity index (χ0) is 19.4. The first kappa shape index (κ1) is 21.1. The predicted octanol–water partition coefficient (Wildman–Crippen LogP) is 1.94. The minimum absolute atomic E-state index is 0.00733. The van der Waals surface area contributed by atoms with Gasteiger partial charge >= 0.3 is 5.97 Å². The van der Waals surface area contributed by atoms with E-state index in [0.717, 1.165) is 0 Å². The first-order valence-corrected chi connectivity index (χ1v) is 9.52. The van der Waals surface area contributed by atoms with Crippen LogP contribution >= 0.6 is 0 Å². The molecule has 7 nitrogen and oxygen atoms in total.